The summed E-state index contributed by atoms with van der Waals surface area (Å²) in [5.41, 5.74) is -0.0994. The molecule has 0 amide bonds. The van der Waals surface area contributed by atoms with E-state index in [4.69, 9.17) is 5.11 Å². The van der Waals surface area contributed by atoms with Crippen molar-refractivity contribution in [3.05, 3.63) is 11.1 Å². The van der Waals surface area contributed by atoms with Crippen LogP contribution in [0, 0.1) is 0 Å². The fourth-order valence-corrected chi connectivity index (χ4v) is 2.75. The first-order valence-corrected chi connectivity index (χ1v) is 5.71. The van der Waals surface area contributed by atoms with Gasteiger partial charge in [-0.3, -0.25) is 4.79 Å². The lowest BCUT2D eigenvalue weighted by atomic mass is 10.0. The first kappa shape index (κ1) is 10.4. The largest absolute Gasteiger partial charge is 0.481 e. The van der Waals surface area contributed by atoms with Crippen molar-refractivity contribution in [2.75, 3.05) is 19.0 Å². The zero-order valence-corrected chi connectivity index (χ0v) is 9.67. The number of hydrogen-bond acceptors (Lipinski definition) is 4. The molecule has 0 spiro atoms. The lowest BCUT2D eigenvalue weighted by Crippen LogP contribution is -2.11. The lowest BCUT2D eigenvalue weighted by Gasteiger charge is -2.09. The first-order valence-electron chi connectivity index (χ1n) is 4.89. The van der Waals surface area contributed by atoms with Crippen LogP contribution in [-0.2, 0) is 10.2 Å². The van der Waals surface area contributed by atoms with E-state index in [1.165, 1.54) is 0 Å². The molecule has 1 saturated carbocycles. The standard InChI is InChI=1S/C10H14N2O2S/c1-12(2)9-11-6-7(15-9)10(3-4-10)5-8(13)14/h6H,3-5H2,1-2H3,(H,13,14). The van der Waals surface area contributed by atoms with Gasteiger partial charge in [-0.15, -0.1) is 11.3 Å². The van der Waals surface area contributed by atoms with Crippen LogP contribution in [0.4, 0.5) is 5.13 Å². The molecule has 0 radical (unpaired) electrons. The third-order valence-electron chi connectivity index (χ3n) is 2.74. The third kappa shape index (κ3) is 1.97. The molecule has 1 aliphatic carbocycles. The molecule has 0 atom stereocenters. The molecule has 0 unspecified atom stereocenters. The highest BCUT2D eigenvalue weighted by Crippen LogP contribution is 2.53. The summed E-state index contributed by atoms with van der Waals surface area (Å²) in [6.07, 6.45) is 4.03. The van der Waals surface area contributed by atoms with Crippen LogP contribution in [0.5, 0.6) is 0 Å². The Hall–Kier alpha value is -1.10. The molecule has 15 heavy (non-hydrogen) atoms. The van der Waals surface area contributed by atoms with Crippen LogP contribution in [0.2, 0.25) is 0 Å². The second-order valence-corrected chi connectivity index (χ2v) is 5.26. The quantitative estimate of drug-likeness (QED) is 0.849. The van der Waals surface area contributed by atoms with E-state index in [9.17, 15) is 4.79 Å². The van der Waals surface area contributed by atoms with Gasteiger partial charge in [0, 0.05) is 30.6 Å². The molecule has 0 bridgehead atoms. The van der Waals surface area contributed by atoms with Gasteiger partial charge in [-0.05, 0) is 12.8 Å². The van der Waals surface area contributed by atoms with Crippen LogP contribution in [0.25, 0.3) is 0 Å². The number of carbonyl (C=O) groups is 1. The van der Waals surface area contributed by atoms with Gasteiger partial charge in [0.05, 0.1) is 6.42 Å². The van der Waals surface area contributed by atoms with E-state index in [2.05, 4.69) is 4.98 Å². The molecule has 5 heteroatoms. The monoisotopic (exact) mass is 226 g/mol. The number of hydrogen-bond donors (Lipinski definition) is 1. The summed E-state index contributed by atoms with van der Waals surface area (Å²) < 4.78 is 0. The summed E-state index contributed by atoms with van der Waals surface area (Å²) in [7, 11) is 3.89. The number of rotatable bonds is 4. The highest BCUT2D eigenvalue weighted by Gasteiger charge is 2.47. The van der Waals surface area contributed by atoms with Crippen molar-refractivity contribution >= 4 is 22.4 Å². The van der Waals surface area contributed by atoms with E-state index >= 15 is 0 Å². The van der Waals surface area contributed by atoms with Gasteiger partial charge in [-0.25, -0.2) is 4.98 Å². The molecule has 1 aromatic rings. The molecule has 82 valence electrons. The van der Waals surface area contributed by atoms with Gasteiger partial charge in [0.2, 0.25) is 0 Å². The Labute approximate surface area is 92.6 Å². The van der Waals surface area contributed by atoms with Gasteiger partial charge in [0.25, 0.3) is 0 Å². The van der Waals surface area contributed by atoms with Crippen molar-refractivity contribution in [3.8, 4) is 0 Å². The second-order valence-electron chi connectivity index (χ2n) is 4.25. The maximum absolute atomic E-state index is 10.7. The molecular formula is C10H14N2O2S. The second kappa shape index (κ2) is 3.48. The minimum absolute atomic E-state index is 0.0994. The van der Waals surface area contributed by atoms with Crippen LogP contribution in [0.1, 0.15) is 24.1 Å². The zero-order chi connectivity index (χ0) is 11.1. The summed E-state index contributed by atoms with van der Waals surface area (Å²) in [5.74, 6) is -0.715. The van der Waals surface area contributed by atoms with Gasteiger partial charge in [-0.1, -0.05) is 0 Å². The summed E-state index contributed by atoms with van der Waals surface area (Å²) in [4.78, 5) is 18.1. The molecule has 1 heterocycles. The number of aliphatic carboxylic acids is 1. The van der Waals surface area contributed by atoms with E-state index in [1.54, 1.807) is 11.3 Å². The smallest absolute Gasteiger partial charge is 0.304 e. The van der Waals surface area contributed by atoms with Crippen molar-refractivity contribution in [3.63, 3.8) is 0 Å². The average molecular weight is 226 g/mol. The topological polar surface area (TPSA) is 53.4 Å². The van der Waals surface area contributed by atoms with Gasteiger partial charge in [-0.2, -0.15) is 0 Å². The minimum atomic E-state index is -0.715. The Bertz CT molecular complexity index is 383. The number of thiazole rings is 1. The van der Waals surface area contributed by atoms with Crippen LogP contribution in [0.15, 0.2) is 6.20 Å². The zero-order valence-electron chi connectivity index (χ0n) is 8.86. The number of aromatic nitrogens is 1. The molecule has 2 rings (SSSR count). The Morgan fingerprint density at radius 2 is 2.33 bits per heavy atom. The van der Waals surface area contributed by atoms with Crippen molar-refractivity contribution in [1.29, 1.82) is 0 Å². The molecular weight excluding hydrogens is 212 g/mol. The van der Waals surface area contributed by atoms with Gasteiger partial charge in [0.1, 0.15) is 0 Å². The number of anilines is 1. The normalized spacial score (nSPS) is 17.5. The Kier molecular flexibility index (Phi) is 2.42. The predicted molar refractivity (Wildman–Crippen MR) is 59.6 cm³/mol. The maximum atomic E-state index is 10.7. The lowest BCUT2D eigenvalue weighted by molar-refractivity contribution is -0.137. The van der Waals surface area contributed by atoms with E-state index in [0.717, 1.165) is 22.9 Å². The molecule has 1 N–H and O–H groups in total. The van der Waals surface area contributed by atoms with Crippen LogP contribution in [0.3, 0.4) is 0 Å². The van der Waals surface area contributed by atoms with Crippen molar-refractivity contribution in [2.45, 2.75) is 24.7 Å². The minimum Gasteiger partial charge on any atom is -0.481 e. The van der Waals surface area contributed by atoms with Crippen molar-refractivity contribution in [2.24, 2.45) is 0 Å². The van der Waals surface area contributed by atoms with E-state index < -0.39 is 5.97 Å². The van der Waals surface area contributed by atoms with E-state index in [0.29, 0.717) is 0 Å². The Balaban J connectivity index is 2.18. The van der Waals surface area contributed by atoms with Crippen LogP contribution >= 0.6 is 11.3 Å². The molecule has 1 aliphatic rings. The number of carboxylic acids is 1. The van der Waals surface area contributed by atoms with Gasteiger partial charge < -0.3 is 10.0 Å². The SMILES string of the molecule is CN(C)c1ncc(C2(CC(=O)O)CC2)s1. The maximum Gasteiger partial charge on any atom is 0.304 e. The molecule has 0 aromatic carbocycles. The van der Waals surface area contributed by atoms with Crippen molar-refractivity contribution < 1.29 is 9.90 Å². The fraction of sp³-hybridized carbons (Fsp3) is 0.600. The fourth-order valence-electron chi connectivity index (χ4n) is 1.67. The molecule has 0 aliphatic heterocycles. The van der Waals surface area contributed by atoms with Crippen molar-refractivity contribution in [1.82, 2.24) is 4.98 Å². The first-order chi connectivity index (χ1) is 7.03. The third-order valence-corrected chi connectivity index (χ3v) is 4.15. The number of carboxylic acid groups (broad SMARTS) is 1. The van der Waals surface area contributed by atoms with E-state index in [1.807, 2.05) is 25.2 Å². The Morgan fingerprint density at radius 1 is 1.67 bits per heavy atom. The van der Waals surface area contributed by atoms with Gasteiger partial charge in [0.15, 0.2) is 5.13 Å². The van der Waals surface area contributed by atoms with Crippen LogP contribution < -0.4 is 4.90 Å². The highest BCUT2D eigenvalue weighted by atomic mass is 32.1. The summed E-state index contributed by atoms with van der Waals surface area (Å²) >= 11 is 1.60. The van der Waals surface area contributed by atoms with Crippen LogP contribution in [-0.4, -0.2) is 30.2 Å². The van der Waals surface area contributed by atoms with E-state index in [-0.39, 0.29) is 11.8 Å². The molecule has 1 aromatic heterocycles. The highest BCUT2D eigenvalue weighted by molar-refractivity contribution is 7.15. The number of nitrogens with zero attached hydrogens (tertiary/aromatic N) is 2. The predicted octanol–water partition coefficient (Wildman–Crippen LogP) is 1.72. The molecule has 4 nitrogen and oxygen atoms in total. The summed E-state index contributed by atoms with van der Waals surface area (Å²) in [6.45, 7) is 0. The summed E-state index contributed by atoms with van der Waals surface area (Å²) in [5, 5.41) is 9.79. The summed E-state index contributed by atoms with van der Waals surface area (Å²) in [6, 6.07) is 0. The average Bonchev–Trinajstić information content (AvgIpc) is 2.75. The Morgan fingerprint density at radius 3 is 2.73 bits per heavy atom. The molecule has 0 saturated heterocycles. The molecule has 1 fully saturated rings. The van der Waals surface area contributed by atoms with Gasteiger partial charge >= 0.3 is 5.97 Å².